The van der Waals surface area contributed by atoms with E-state index in [0.717, 1.165) is 11.5 Å². The van der Waals surface area contributed by atoms with Crippen LogP contribution >= 0.6 is 11.6 Å². The van der Waals surface area contributed by atoms with Crippen molar-refractivity contribution in [2.24, 2.45) is 0 Å². The van der Waals surface area contributed by atoms with Gasteiger partial charge in [0.15, 0.2) is 0 Å². The molecule has 100 valence electrons. The van der Waals surface area contributed by atoms with E-state index in [1.165, 1.54) is 0 Å². The van der Waals surface area contributed by atoms with Crippen LogP contribution in [-0.4, -0.2) is 12.6 Å². The Kier molecular flexibility index (Phi) is 4.47. The fourth-order valence-corrected chi connectivity index (χ4v) is 1.85. The van der Waals surface area contributed by atoms with Crippen molar-refractivity contribution >= 4 is 23.3 Å². The Morgan fingerprint density at radius 3 is 2.84 bits per heavy atom. The predicted molar refractivity (Wildman–Crippen MR) is 75.6 cm³/mol. The van der Waals surface area contributed by atoms with Gasteiger partial charge in [0, 0.05) is 23.7 Å². The lowest BCUT2D eigenvalue weighted by atomic mass is 10.3. The summed E-state index contributed by atoms with van der Waals surface area (Å²) in [4.78, 5) is 11.6. The van der Waals surface area contributed by atoms with Crippen molar-refractivity contribution in [1.82, 2.24) is 5.32 Å². The minimum atomic E-state index is -0.259. The lowest BCUT2D eigenvalue weighted by Crippen LogP contribution is -2.30. The van der Waals surface area contributed by atoms with Crippen molar-refractivity contribution in [2.75, 3.05) is 11.9 Å². The zero-order chi connectivity index (χ0) is 13.7. The standard InChI is InChI=1S/C14H15ClN2O2/c1-10-5-6-13(19-10)7-8-16-14(18)17-12-4-2-3-11(15)9-12/h2-6,9H,7-8H2,1H3,(H2,16,17,18). The molecule has 0 bridgehead atoms. The maximum absolute atomic E-state index is 11.6. The van der Waals surface area contributed by atoms with Crippen LogP contribution in [0, 0.1) is 6.92 Å². The second kappa shape index (κ2) is 6.29. The number of benzene rings is 1. The molecule has 0 aliphatic carbocycles. The van der Waals surface area contributed by atoms with E-state index in [1.54, 1.807) is 24.3 Å². The van der Waals surface area contributed by atoms with Gasteiger partial charge in [0.05, 0.1) is 0 Å². The quantitative estimate of drug-likeness (QED) is 0.898. The molecule has 5 heteroatoms. The molecule has 0 radical (unpaired) electrons. The van der Waals surface area contributed by atoms with Crippen molar-refractivity contribution in [1.29, 1.82) is 0 Å². The maximum atomic E-state index is 11.6. The molecule has 0 unspecified atom stereocenters. The lowest BCUT2D eigenvalue weighted by Gasteiger charge is -2.07. The first-order valence-electron chi connectivity index (χ1n) is 5.99. The molecule has 1 aromatic heterocycles. The average Bonchev–Trinajstić information content (AvgIpc) is 2.75. The summed E-state index contributed by atoms with van der Waals surface area (Å²) < 4.78 is 5.41. The summed E-state index contributed by atoms with van der Waals surface area (Å²) in [5, 5.41) is 6.05. The number of hydrogen-bond donors (Lipinski definition) is 2. The van der Waals surface area contributed by atoms with Gasteiger partial charge < -0.3 is 15.1 Å². The average molecular weight is 279 g/mol. The third-order valence-electron chi connectivity index (χ3n) is 2.54. The number of halogens is 1. The first kappa shape index (κ1) is 13.5. The fraction of sp³-hybridized carbons (Fsp3) is 0.214. The van der Waals surface area contributed by atoms with Crippen molar-refractivity contribution in [3.05, 3.63) is 52.9 Å². The number of anilines is 1. The van der Waals surface area contributed by atoms with E-state index in [4.69, 9.17) is 16.0 Å². The molecule has 1 heterocycles. The summed E-state index contributed by atoms with van der Waals surface area (Å²) in [5.74, 6) is 1.74. The van der Waals surface area contributed by atoms with E-state index in [9.17, 15) is 4.79 Å². The number of urea groups is 1. The van der Waals surface area contributed by atoms with Crippen LogP contribution in [-0.2, 0) is 6.42 Å². The Hall–Kier alpha value is -1.94. The van der Waals surface area contributed by atoms with Gasteiger partial charge in [-0.3, -0.25) is 0 Å². The van der Waals surface area contributed by atoms with Gasteiger partial charge in [-0.1, -0.05) is 17.7 Å². The van der Waals surface area contributed by atoms with Crippen LogP contribution in [0.25, 0.3) is 0 Å². The third kappa shape index (κ3) is 4.34. The summed E-state index contributed by atoms with van der Waals surface area (Å²) >= 11 is 5.83. The molecule has 1 aromatic carbocycles. The molecule has 0 spiro atoms. The zero-order valence-corrected chi connectivity index (χ0v) is 11.3. The van der Waals surface area contributed by atoms with E-state index in [0.29, 0.717) is 23.7 Å². The fourth-order valence-electron chi connectivity index (χ4n) is 1.66. The number of nitrogens with one attached hydrogen (secondary N) is 2. The van der Waals surface area contributed by atoms with Crippen molar-refractivity contribution in [3.63, 3.8) is 0 Å². The minimum absolute atomic E-state index is 0.259. The lowest BCUT2D eigenvalue weighted by molar-refractivity contribution is 0.252. The molecule has 0 aliphatic heterocycles. The highest BCUT2D eigenvalue weighted by Crippen LogP contribution is 2.14. The first-order valence-corrected chi connectivity index (χ1v) is 6.37. The van der Waals surface area contributed by atoms with Gasteiger partial charge in [-0.15, -0.1) is 0 Å². The summed E-state index contributed by atoms with van der Waals surface area (Å²) in [6, 6.07) is 10.6. The molecule has 0 aliphatic rings. The molecule has 0 atom stereocenters. The van der Waals surface area contributed by atoms with Crippen molar-refractivity contribution < 1.29 is 9.21 Å². The SMILES string of the molecule is Cc1ccc(CCNC(=O)Nc2cccc(Cl)c2)o1. The van der Waals surface area contributed by atoms with Crippen LogP contribution in [0.5, 0.6) is 0 Å². The number of carbonyl (C=O) groups excluding carboxylic acids is 1. The van der Waals surface area contributed by atoms with Crippen LogP contribution in [0.4, 0.5) is 10.5 Å². The monoisotopic (exact) mass is 278 g/mol. The van der Waals surface area contributed by atoms with E-state index >= 15 is 0 Å². The smallest absolute Gasteiger partial charge is 0.319 e. The summed E-state index contributed by atoms with van der Waals surface area (Å²) in [6.45, 7) is 2.40. The van der Waals surface area contributed by atoms with Crippen LogP contribution in [0.15, 0.2) is 40.8 Å². The normalized spacial score (nSPS) is 10.2. The van der Waals surface area contributed by atoms with Gasteiger partial charge in [0.1, 0.15) is 11.5 Å². The highest BCUT2D eigenvalue weighted by atomic mass is 35.5. The molecule has 0 fully saturated rings. The van der Waals surface area contributed by atoms with Gasteiger partial charge in [-0.05, 0) is 37.3 Å². The first-order chi connectivity index (χ1) is 9.13. The molecule has 19 heavy (non-hydrogen) atoms. The molecule has 0 saturated carbocycles. The van der Waals surface area contributed by atoms with E-state index in [1.807, 2.05) is 19.1 Å². The van der Waals surface area contributed by atoms with Crippen LogP contribution < -0.4 is 10.6 Å². The van der Waals surface area contributed by atoms with Crippen molar-refractivity contribution in [3.8, 4) is 0 Å². The molecule has 2 N–H and O–H groups in total. The topological polar surface area (TPSA) is 54.3 Å². The number of carbonyl (C=O) groups is 1. The van der Waals surface area contributed by atoms with Crippen LogP contribution in [0.2, 0.25) is 5.02 Å². The van der Waals surface area contributed by atoms with E-state index < -0.39 is 0 Å². The second-order valence-electron chi connectivity index (χ2n) is 4.15. The predicted octanol–water partition coefficient (Wildman–Crippen LogP) is 3.61. The summed E-state index contributed by atoms with van der Waals surface area (Å²) in [7, 11) is 0. The maximum Gasteiger partial charge on any atom is 0.319 e. The number of amides is 2. The molecule has 4 nitrogen and oxygen atoms in total. The highest BCUT2D eigenvalue weighted by Gasteiger charge is 2.03. The minimum Gasteiger partial charge on any atom is -0.466 e. The second-order valence-corrected chi connectivity index (χ2v) is 4.59. The Labute approximate surface area is 116 Å². The van der Waals surface area contributed by atoms with E-state index in [2.05, 4.69) is 10.6 Å². The summed E-state index contributed by atoms with van der Waals surface area (Å²) in [6.07, 6.45) is 0.663. The van der Waals surface area contributed by atoms with Crippen LogP contribution in [0.3, 0.4) is 0 Å². The third-order valence-corrected chi connectivity index (χ3v) is 2.77. The molecular formula is C14H15ClN2O2. The highest BCUT2D eigenvalue weighted by molar-refractivity contribution is 6.30. The molecule has 2 aromatic rings. The molecular weight excluding hydrogens is 264 g/mol. The molecule has 0 saturated heterocycles. The molecule has 2 rings (SSSR count). The van der Waals surface area contributed by atoms with Gasteiger partial charge in [-0.2, -0.15) is 0 Å². The Balaban J connectivity index is 1.76. The Morgan fingerprint density at radius 2 is 2.16 bits per heavy atom. The van der Waals surface area contributed by atoms with Gasteiger partial charge in [-0.25, -0.2) is 4.79 Å². The Morgan fingerprint density at radius 1 is 1.32 bits per heavy atom. The number of hydrogen-bond acceptors (Lipinski definition) is 2. The van der Waals surface area contributed by atoms with Gasteiger partial charge in [0.2, 0.25) is 0 Å². The van der Waals surface area contributed by atoms with Crippen molar-refractivity contribution in [2.45, 2.75) is 13.3 Å². The van der Waals surface area contributed by atoms with Gasteiger partial charge >= 0.3 is 6.03 Å². The van der Waals surface area contributed by atoms with Gasteiger partial charge in [0.25, 0.3) is 0 Å². The summed E-state index contributed by atoms with van der Waals surface area (Å²) in [5.41, 5.74) is 0.666. The molecule has 2 amide bonds. The Bertz CT molecular complexity index is 566. The van der Waals surface area contributed by atoms with E-state index in [-0.39, 0.29) is 6.03 Å². The number of furan rings is 1. The number of rotatable bonds is 4. The van der Waals surface area contributed by atoms with Crippen LogP contribution in [0.1, 0.15) is 11.5 Å². The zero-order valence-electron chi connectivity index (χ0n) is 10.6. The number of aryl methyl sites for hydroxylation is 1. The largest absolute Gasteiger partial charge is 0.466 e.